The number of aromatic amines is 1. The van der Waals surface area contributed by atoms with E-state index >= 15 is 0 Å². The van der Waals surface area contributed by atoms with Gasteiger partial charge in [0, 0.05) is 23.9 Å². The van der Waals surface area contributed by atoms with Crippen LogP contribution in [0.25, 0.3) is 5.65 Å². The summed E-state index contributed by atoms with van der Waals surface area (Å²) >= 11 is 0. The highest BCUT2D eigenvalue weighted by Crippen LogP contribution is 2.42. The van der Waals surface area contributed by atoms with Crippen LogP contribution in [0.5, 0.6) is 0 Å². The molecule has 194 valence electrons. The number of aromatic nitrogens is 3. The topological polar surface area (TPSA) is 117 Å². The van der Waals surface area contributed by atoms with Gasteiger partial charge in [-0.05, 0) is 45.7 Å². The number of rotatable bonds is 4. The van der Waals surface area contributed by atoms with Crippen molar-refractivity contribution in [2.45, 2.75) is 45.8 Å². The summed E-state index contributed by atoms with van der Waals surface area (Å²) in [6.07, 6.45) is -4.28. The molecule has 3 aromatic rings. The van der Waals surface area contributed by atoms with Crippen molar-refractivity contribution in [2.75, 3.05) is 17.5 Å². The molecule has 1 aliphatic rings. The molecular weight excluding hydrogens is 499 g/mol. The molecule has 2 N–H and O–H groups in total. The quantitative estimate of drug-likeness (QED) is 0.541. The largest absolute Gasteiger partial charge is 0.391 e. The number of carbonyl (C=O) groups is 1. The summed E-state index contributed by atoms with van der Waals surface area (Å²) in [6, 6.07) is 4.94. The van der Waals surface area contributed by atoms with E-state index in [4.69, 9.17) is 0 Å². The Balaban J connectivity index is 1.82. The summed E-state index contributed by atoms with van der Waals surface area (Å²) < 4.78 is 68.2. The predicted molar refractivity (Wildman–Crippen MR) is 127 cm³/mol. The van der Waals surface area contributed by atoms with Crippen molar-refractivity contribution in [3.8, 4) is 0 Å². The molecule has 0 saturated carbocycles. The van der Waals surface area contributed by atoms with Gasteiger partial charge in [-0.25, -0.2) is 8.42 Å². The Hall–Kier alpha value is -3.35. The van der Waals surface area contributed by atoms with Crippen LogP contribution >= 0.6 is 0 Å². The van der Waals surface area contributed by atoms with Gasteiger partial charge in [0.25, 0.3) is 11.5 Å². The third-order valence-electron chi connectivity index (χ3n) is 6.49. The van der Waals surface area contributed by atoms with Crippen molar-refractivity contribution in [1.29, 1.82) is 0 Å². The maximum atomic E-state index is 13.7. The molecule has 1 amide bonds. The van der Waals surface area contributed by atoms with Crippen molar-refractivity contribution in [2.24, 2.45) is 5.92 Å². The average molecular weight is 526 g/mol. The molecule has 0 spiro atoms. The zero-order chi connectivity index (χ0) is 26.6. The van der Waals surface area contributed by atoms with E-state index in [0.29, 0.717) is 22.5 Å². The summed E-state index contributed by atoms with van der Waals surface area (Å²) in [5.74, 6) is -2.30. The van der Waals surface area contributed by atoms with Crippen molar-refractivity contribution in [3.63, 3.8) is 0 Å². The van der Waals surface area contributed by atoms with Crippen LogP contribution in [0.4, 0.5) is 18.9 Å². The molecule has 36 heavy (non-hydrogen) atoms. The third kappa shape index (κ3) is 4.97. The Morgan fingerprint density at radius 3 is 2.53 bits per heavy atom. The second-order valence-corrected chi connectivity index (χ2v) is 11.0. The third-order valence-corrected chi connectivity index (χ3v) is 7.08. The van der Waals surface area contributed by atoms with Gasteiger partial charge in [-0.3, -0.25) is 14.3 Å². The highest BCUT2D eigenvalue weighted by Gasteiger charge is 2.46. The van der Waals surface area contributed by atoms with E-state index < -0.39 is 46.0 Å². The zero-order valence-corrected chi connectivity index (χ0v) is 20.9. The van der Waals surface area contributed by atoms with E-state index in [1.54, 1.807) is 26.8 Å². The van der Waals surface area contributed by atoms with Crippen LogP contribution in [0.3, 0.4) is 0 Å². The number of halogens is 3. The second kappa shape index (κ2) is 8.95. The summed E-state index contributed by atoms with van der Waals surface area (Å²) in [6.45, 7) is 4.80. The first-order chi connectivity index (χ1) is 16.7. The lowest BCUT2D eigenvalue weighted by atomic mass is 9.88. The summed E-state index contributed by atoms with van der Waals surface area (Å²) in [5.41, 5.74) is 1.76. The lowest BCUT2D eigenvalue weighted by molar-refractivity contribution is -0.188. The number of likely N-dealkylation sites (tertiary alicyclic amines) is 1. The monoisotopic (exact) mass is 525 g/mol. The Morgan fingerprint density at radius 2 is 1.89 bits per heavy atom. The molecule has 0 radical (unpaired) electrons. The van der Waals surface area contributed by atoms with Crippen LogP contribution in [-0.4, -0.2) is 52.8 Å². The van der Waals surface area contributed by atoms with Crippen LogP contribution in [0.15, 0.2) is 29.1 Å². The van der Waals surface area contributed by atoms with E-state index in [0.717, 1.165) is 10.8 Å². The first-order valence-electron chi connectivity index (χ1n) is 11.2. The molecule has 1 saturated heterocycles. The predicted octanol–water partition coefficient (Wildman–Crippen LogP) is 3.48. The number of amides is 1. The Morgan fingerprint density at radius 1 is 1.19 bits per heavy atom. The number of anilines is 1. The molecule has 0 unspecified atom stereocenters. The summed E-state index contributed by atoms with van der Waals surface area (Å²) in [7, 11) is -3.72. The van der Waals surface area contributed by atoms with Crippen molar-refractivity contribution >= 4 is 27.3 Å². The highest BCUT2D eigenvalue weighted by molar-refractivity contribution is 7.92. The van der Waals surface area contributed by atoms with E-state index in [1.807, 2.05) is 0 Å². The maximum absolute atomic E-state index is 13.7. The van der Waals surface area contributed by atoms with E-state index in [-0.39, 0.29) is 29.9 Å². The van der Waals surface area contributed by atoms with Crippen LogP contribution in [0.1, 0.15) is 51.8 Å². The first-order valence-corrected chi connectivity index (χ1v) is 13.1. The minimum absolute atomic E-state index is 0.0161. The number of piperidine rings is 1. The maximum Gasteiger partial charge on any atom is 0.391 e. The molecule has 9 nitrogen and oxygen atoms in total. The van der Waals surface area contributed by atoms with Gasteiger partial charge < -0.3 is 9.88 Å². The number of nitrogens with zero attached hydrogens (tertiary/aromatic N) is 3. The SMILES string of the molecule is Cc1ccc(NS(C)(=O)=O)c(C(=O)N2CC[C@H](C(F)(F)F)C[C@H]2c2cc3[nH]c(C)c(C)c(=O)n3n2)c1. The summed E-state index contributed by atoms with van der Waals surface area (Å²) in [4.78, 5) is 30.7. The van der Waals surface area contributed by atoms with Gasteiger partial charge in [0.2, 0.25) is 10.0 Å². The second-order valence-electron chi connectivity index (χ2n) is 9.25. The van der Waals surface area contributed by atoms with Gasteiger partial charge in [0.15, 0.2) is 0 Å². The fourth-order valence-corrected chi connectivity index (χ4v) is 5.05. The van der Waals surface area contributed by atoms with E-state index in [1.165, 1.54) is 23.1 Å². The number of sulfonamides is 1. The lowest BCUT2D eigenvalue weighted by Gasteiger charge is -2.39. The smallest absolute Gasteiger partial charge is 0.343 e. The number of hydrogen-bond acceptors (Lipinski definition) is 5. The number of H-pyrrole nitrogens is 1. The zero-order valence-electron chi connectivity index (χ0n) is 20.1. The molecular formula is C23H26F3N5O4S. The number of alkyl halides is 3. The Labute approximate surface area is 205 Å². The molecule has 3 heterocycles. The number of aryl methyl sites for hydroxylation is 2. The minimum Gasteiger partial charge on any atom is -0.343 e. The molecule has 1 fully saturated rings. The molecule has 2 atom stereocenters. The summed E-state index contributed by atoms with van der Waals surface area (Å²) in [5, 5.41) is 4.28. The van der Waals surface area contributed by atoms with E-state index in [9.17, 15) is 31.2 Å². The van der Waals surface area contributed by atoms with Gasteiger partial charge in [-0.1, -0.05) is 11.6 Å². The first kappa shape index (κ1) is 25.7. The normalized spacial score (nSPS) is 19.0. The lowest BCUT2D eigenvalue weighted by Crippen LogP contribution is -2.44. The van der Waals surface area contributed by atoms with Gasteiger partial charge in [0.1, 0.15) is 5.65 Å². The number of carbonyl (C=O) groups excluding carboxylic acids is 1. The van der Waals surface area contributed by atoms with Crippen LogP contribution in [-0.2, 0) is 10.0 Å². The van der Waals surface area contributed by atoms with Gasteiger partial charge in [0.05, 0.1) is 35.2 Å². The molecule has 0 bridgehead atoms. The molecule has 1 aromatic carbocycles. The number of fused-ring (bicyclic) bond motifs is 1. The van der Waals surface area contributed by atoms with Crippen molar-refractivity contribution in [1.82, 2.24) is 19.5 Å². The van der Waals surface area contributed by atoms with Gasteiger partial charge in [-0.2, -0.15) is 22.8 Å². The van der Waals surface area contributed by atoms with Gasteiger partial charge >= 0.3 is 6.18 Å². The fraction of sp³-hybridized carbons (Fsp3) is 0.435. The molecule has 0 aliphatic carbocycles. The Bertz CT molecular complexity index is 1510. The van der Waals surface area contributed by atoms with E-state index in [2.05, 4.69) is 14.8 Å². The fourth-order valence-electron chi connectivity index (χ4n) is 4.48. The number of nitrogens with one attached hydrogen (secondary N) is 2. The van der Waals surface area contributed by atoms with Crippen LogP contribution in [0.2, 0.25) is 0 Å². The standard InChI is InChI=1S/C23H26F3N5O4S/c1-12-5-6-17(29-36(4,34)35)16(9-12)22(33)30-8-7-15(23(24,25)26)10-19(30)18-11-20-27-14(3)13(2)21(32)31(20)28-18/h5-6,9,11,15,19,27,29H,7-8,10H2,1-4H3/t15-,19-/m0/s1. The molecule has 13 heteroatoms. The molecule has 2 aromatic heterocycles. The van der Waals surface area contributed by atoms with Gasteiger partial charge in [-0.15, -0.1) is 0 Å². The number of hydrogen-bond donors (Lipinski definition) is 2. The molecule has 1 aliphatic heterocycles. The van der Waals surface area contributed by atoms with Crippen LogP contribution in [0, 0.1) is 26.7 Å². The van der Waals surface area contributed by atoms with Crippen molar-refractivity contribution in [3.05, 3.63) is 62.7 Å². The molecule has 4 rings (SSSR count). The average Bonchev–Trinajstić information content (AvgIpc) is 3.20. The Kier molecular flexibility index (Phi) is 6.40. The van der Waals surface area contributed by atoms with Crippen LogP contribution < -0.4 is 10.3 Å². The van der Waals surface area contributed by atoms with Crippen molar-refractivity contribution < 1.29 is 26.4 Å². The highest BCUT2D eigenvalue weighted by atomic mass is 32.2. The number of benzene rings is 1. The minimum atomic E-state index is -4.47.